The van der Waals surface area contributed by atoms with Crippen LogP contribution in [-0.4, -0.2) is 24.3 Å². The van der Waals surface area contributed by atoms with Crippen molar-refractivity contribution in [2.45, 2.75) is 0 Å². The third-order valence-corrected chi connectivity index (χ3v) is 1.53. The fourth-order valence-corrected chi connectivity index (χ4v) is 0.883. The van der Waals surface area contributed by atoms with Crippen LogP contribution in [-0.2, 0) is 9.59 Å². The van der Waals surface area contributed by atoms with Gasteiger partial charge in [-0.15, -0.1) is 0 Å². The maximum absolute atomic E-state index is 10.2. The normalized spacial score (nSPS) is 8.81. The quantitative estimate of drug-likeness (QED) is 0.462. The summed E-state index contributed by atoms with van der Waals surface area (Å²) in [6.07, 6.45) is 3.38. The molecule has 0 bridgehead atoms. The predicted octanol–water partition coefficient (Wildman–Crippen LogP) is 1.69. The SMILES string of the molecule is COc1ccc(C=CC(=O)O)cc1.N=C=O. The fourth-order valence-electron chi connectivity index (χ4n) is 0.883. The van der Waals surface area contributed by atoms with Crippen LogP contribution in [0, 0.1) is 5.41 Å². The average molecular weight is 221 g/mol. The van der Waals surface area contributed by atoms with Gasteiger partial charge >= 0.3 is 5.97 Å². The van der Waals surface area contributed by atoms with Crippen LogP contribution in [0.2, 0.25) is 0 Å². The number of rotatable bonds is 3. The van der Waals surface area contributed by atoms with Crippen LogP contribution in [0.25, 0.3) is 6.08 Å². The Kier molecular flexibility index (Phi) is 6.77. The molecule has 16 heavy (non-hydrogen) atoms. The highest BCUT2D eigenvalue weighted by Gasteiger charge is 1.91. The number of isocyanates is 1. The molecule has 0 unspecified atom stereocenters. The molecule has 0 aliphatic rings. The van der Waals surface area contributed by atoms with Gasteiger partial charge in [-0.25, -0.2) is 15.0 Å². The maximum atomic E-state index is 10.2. The van der Waals surface area contributed by atoms with E-state index in [-0.39, 0.29) is 0 Å². The number of hydrogen-bond donors (Lipinski definition) is 2. The van der Waals surface area contributed by atoms with Crippen LogP contribution in [0.15, 0.2) is 30.3 Å². The van der Waals surface area contributed by atoms with Gasteiger partial charge in [0.1, 0.15) is 5.75 Å². The van der Waals surface area contributed by atoms with Gasteiger partial charge in [0.2, 0.25) is 6.08 Å². The summed E-state index contributed by atoms with van der Waals surface area (Å²) in [4.78, 5) is 18.5. The Morgan fingerprint density at radius 1 is 1.44 bits per heavy atom. The Morgan fingerprint density at radius 2 is 1.94 bits per heavy atom. The molecule has 84 valence electrons. The number of methoxy groups -OCH3 is 1. The third kappa shape index (κ3) is 6.12. The lowest BCUT2D eigenvalue weighted by Gasteiger charge is -1.98. The van der Waals surface area contributed by atoms with Gasteiger partial charge in [0.25, 0.3) is 0 Å². The number of carboxylic acid groups (broad SMARTS) is 1. The van der Waals surface area contributed by atoms with Crippen molar-refractivity contribution in [1.82, 2.24) is 0 Å². The zero-order valence-corrected chi connectivity index (χ0v) is 8.64. The van der Waals surface area contributed by atoms with Crippen molar-refractivity contribution in [3.05, 3.63) is 35.9 Å². The first kappa shape index (κ1) is 13.6. The smallest absolute Gasteiger partial charge is 0.328 e. The number of carboxylic acids is 1. The molecule has 0 spiro atoms. The van der Waals surface area contributed by atoms with E-state index in [4.69, 9.17) is 20.0 Å². The van der Waals surface area contributed by atoms with E-state index in [1.165, 1.54) is 6.08 Å². The third-order valence-electron chi connectivity index (χ3n) is 1.53. The van der Waals surface area contributed by atoms with Crippen LogP contribution in [0.4, 0.5) is 0 Å². The van der Waals surface area contributed by atoms with E-state index in [0.717, 1.165) is 23.5 Å². The summed E-state index contributed by atoms with van der Waals surface area (Å²) in [6, 6.07) is 7.14. The second-order valence-electron chi connectivity index (χ2n) is 2.55. The van der Waals surface area contributed by atoms with E-state index >= 15 is 0 Å². The molecule has 0 aliphatic heterocycles. The Bertz CT molecular complexity index is 389. The topological polar surface area (TPSA) is 87.4 Å². The Morgan fingerprint density at radius 3 is 2.31 bits per heavy atom. The molecule has 1 aromatic carbocycles. The van der Waals surface area contributed by atoms with Gasteiger partial charge in [-0.2, -0.15) is 0 Å². The molecular weight excluding hydrogens is 210 g/mol. The van der Waals surface area contributed by atoms with Gasteiger partial charge in [-0.1, -0.05) is 12.1 Å². The van der Waals surface area contributed by atoms with Crippen LogP contribution >= 0.6 is 0 Å². The molecule has 1 aromatic rings. The monoisotopic (exact) mass is 221 g/mol. The summed E-state index contributed by atoms with van der Waals surface area (Å²) < 4.78 is 4.95. The van der Waals surface area contributed by atoms with Crippen molar-refractivity contribution < 1.29 is 19.4 Å². The zero-order chi connectivity index (χ0) is 12.4. The molecular formula is C11H11NO4. The van der Waals surface area contributed by atoms with Crippen LogP contribution < -0.4 is 4.74 Å². The van der Waals surface area contributed by atoms with Gasteiger partial charge in [0, 0.05) is 6.08 Å². The van der Waals surface area contributed by atoms with Crippen LogP contribution in [0.5, 0.6) is 5.75 Å². The Balaban J connectivity index is 0.000000673. The number of carbonyl (C=O) groups excluding carboxylic acids is 1. The van der Waals surface area contributed by atoms with Gasteiger partial charge in [-0.3, -0.25) is 0 Å². The fraction of sp³-hybridized carbons (Fsp3) is 0.0909. The summed E-state index contributed by atoms with van der Waals surface area (Å²) in [5.41, 5.74) is 0.836. The Labute approximate surface area is 92.5 Å². The molecule has 1 rings (SSSR count). The van der Waals surface area contributed by atoms with Gasteiger partial charge in [-0.05, 0) is 23.8 Å². The molecule has 0 fully saturated rings. The standard InChI is InChI=1S/C10H10O3.CHNO/c1-13-9-5-2-8(3-6-9)4-7-10(11)12;2-1-3/h2-7H,1H3,(H,11,12);2H. The number of aliphatic carboxylic acids is 1. The lowest BCUT2D eigenvalue weighted by Crippen LogP contribution is -1.86. The first-order valence-corrected chi connectivity index (χ1v) is 4.23. The molecule has 0 radical (unpaired) electrons. The van der Waals surface area contributed by atoms with E-state index in [1.54, 1.807) is 31.4 Å². The molecule has 0 heterocycles. The molecule has 0 atom stereocenters. The minimum Gasteiger partial charge on any atom is -0.497 e. The summed E-state index contributed by atoms with van der Waals surface area (Å²) >= 11 is 0. The molecule has 0 amide bonds. The van der Waals surface area contributed by atoms with E-state index in [9.17, 15) is 4.79 Å². The highest BCUT2D eigenvalue weighted by Crippen LogP contribution is 2.11. The van der Waals surface area contributed by atoms with E-state index in [2.05, 4.69) is 0 Å². The highest BCUT2D eigenvalue weighted by molar-refractivity contribution is 5.85. The molecule has 0 aliphatic carbocycles. The van der Waals surface area contributed by atoms with Gasteiger partial charge in [0.05, 0.1) is 7.11 Å². The lowest BCUT2D eigenvalue weighted by atomic mass is 10.2. The maximum Gasteiger partial charge on any atom is 0.328 e. The summed E-state index contributed by atoms with van der Waals surface area (Å²) in [5.74, 6) is -0.191. The second-order valence-corrected chi connectivity index (χ2v) is 2.55. The molecule has 0 aromatic heterocycles. The molecule has 5 nitrogen and oxygen atoms in total. The van der Waals surface area contributed by atoms with E-state index in [1.807, 2.05) is 0 Å². The van der Waals surface area contributed by atoms with Crippen molar-refractivity contribution in [2.75, 3.05) is 7.11 Å². The summed E-state index contributed by atoms with van der Waals surface area (Å²) in [5, 5.41) is 13.8. The first-order chi connectivity index (χ1) is 7.63. The van der Waals surface area contributed by atoms with E-state index in [0.29, 0.717) is 0 Å². The van der Waals surface area contributed by atoms with Crippen LogP contribution in [0.3, 0.4) is 0 Å². The lowest BCUT2D eigenvalue weighted by molar-refractivity contribution is -0.131. The first-order valence-electron chi connectivity index (χ1n) is 4.23. The number of hydrogen-bond acceptors (Lipinski definition) is 4. The Hall–Kier alpha value is -2.39. The number of nitrogens with one attached hydrogen (secondary N) is 1. The number of benzene rings is 1. The largest absolute Gasteiger partial charge is 0.497 e. The summed E-state index contributed by atoms with van der Waals surface area (Å²) in [7, 11) is 1.59. The molecule has 0 saturated carbocycles. The predicted molar refractivity (Wildman–Crippen MR) is 58.1 cm³/mol. The van der Waals surface area contributed by atoms with Crippen molar-refractivity contribution >= 4 is 18.1 Å². The summed E-state index contributed by atoms with van der Waals surface area (Å²) in [6.45, 7) is 0. The second kappa shape index (κ2) is 7.96. The van der Waals surface area contributed by atoms with Crippen LogP contribution in [0.1, 0.15) is 5.56 Å². The van der Waals surface area contributed by atoms with Crippen molar-refractivity contribution in [3.63, 3.8) is 0 Å². The molecule has 2 N–H and O–H groups in total. The van der Waals surface area contributed by atoms with Crippen molar-refractivity contribution in [1.29, 1.82) is 5.41 Å². The highest BCUT2D eigenvalue weighted by atomic mass is 16.5. The average Bonchev–Trinajstić information content (AvgIpc) is 2.28. The van der Waals surface area contributed by atoms with Gasteiger partial charge in [0.15, 0.2) is 0 Å². The number of carbonyl (C=O) groups is 1. The van der Waals surface area contributed by atoms with Crippen molar-refractivity contribution in [2.24, 2.45) is 0 Å². The van der Waals surface area contributed by atoms with Gasteiger partial charge < -0.3 is 9.84 Å². The van der Waals surface area contributed by atoms with E-state index < -0.39 is 5.97 Å². The molecule has 0 saturated heterocycles. The van der Waals surface area contributed by atoms with Crippen molar-refractivity contribution in [3.8, 4) is 5.75 Å². The minimum absolute atomic E-state index is 0.750. The number of ether oxygens (including phenoxy) is 1. The zero-order valence-electron chi connectivity index (χ0n) is 8.64. The minimum atomic E-state index is -0.948. The molecule has 5 heteroatoms.